The summed E-state index contributed by atoms with van der Waals surface area (Å²) in [6.45, 7) is 5.64. The predicted molar refractivity (Wildman–Crippen MR) is 76.5 cm³/mol. The van der Waals surface area contributed by atoms with Crippen LogP contribution in [0.5, 0.6) is 5.75 Å². The number of ether oxygens (including phenoxy) is 1. The first-order chi connectivity index (χ1) is 9.72. The molecule has 1 heterocycles. The molecular formula is C14H21N5O. The average Bonchev–Trinajstić information content (AvgIpc) is 2.85. The van der Waals surface area contributed by atoms with Gasteiger partial charge in [0.05, 0.1) is 13.7 Å². The second-order valence-electron chi connectivity index (χ2n) is 4.51. The summed E-state index contributed by atoms with van der Waals surface area (Å²) in [5, 5.41) is 15.6. The Labute approximate surface area is 119 Å². The van der Waals surface area contributed by atoms with E-state index in [1.165, 1.54) is 10.4 Å². The highest BCUT2D eigenvalue weighted by atomic mass is 16.5. The lowest BCUT2D eigenvalue weighted by molar-refractivity contribution is 0.340. The van der Waals surface area contributed by atoms with Crippen LogP contribution < -0.4 is 10.1 Å². The molecule has 0 saturated heterocycles. The van der Waals surface area contributed by atoms with Gasteiger partial charge in [-0.25, -0.2) is 0 Å². The Morgan fingerprint density at radius 3 is 2.55 bits per heavy atom. The van der Waals surface area contributed by atoms with Crippen molar-refractivity contribution < 1.29 is 4.74 Å². The molecule has 0 bridgehead atoms. The Balaban J connectivity index is 2.10. The van der Waals surface area contributed by atoms with Gasteiger partial charge in [-0.15, -0.1) is 10.2 Å². The Morgan fingerprint density at radius 1 is 1.25 bits per heavy atom. The Hall–Kier alpha value is -1.95. The van der Waals surface area contributed by atoms with Gasteiger partial charge in [0, 0.05) is 12.5 Å². The van der Waals surface area contributed by atoms with E-state index in [0.717, 1.165) is 24.5 Å². The zero-order valence-corrected chi connectivity index (χ0v) is 12.2. The number of aromatic nitrogens is 4. The monoisotopic (exact) mass is 275 g/mol. The van der Waals surface area contributed by atoms with E-state index in [1.807, 2.05) is 19.1 Å². The van der Waals surface area contributed by atoms with Crippen molar-refractivity contribution in [3.63, 3.8) is 0 Å². The van der Waals surface area contributed by atoms with Crippen molar-refractivity contribution >= 4 is 0 Å². The lowest BCUT2D eigenvalue weighted by atomic mass is 10.0. The van der Waals surface area contributed by atoms with Crippen molar-refractivity contribution in [1.82, 2.24) is 25.5 Å². The fourth-order valence-corrected chi connectivity index (χ4v) is 2.10. The van der Waals surface area contributed by atoms with Crippen LogP contribution in [0.25, 0.3) is 0 Å². The van der Waals surface area contributed by atoms with E-state index in [-0.39, 0.29) is 6.04 Å². The van der Waals surface area contributed by atoms with Gasteiger partial charge in [-0.1, -0.05) is 19.1 Å². The third-order valence-corrected chi connectivity index (χ3v) is 2.98. The third kappa shape index (κ3) is 3.77. The molecule has 108 valence electrons. The highest BCUT2D eigenvalue weighted by molar-refractivity contribution is 5.29. The molecule has 0 spiro atoms. The quantitative estimate of drug-likeness (QED) is 0.829. The maximum atomic E-state index is 5.46. The molecule has 2 rings (SSSR count). The largest absolute Gasteiger partial charge is 0.494 e. The maximum Gasteiger partial charge on any atom is 0.176 e. The summed E-state index contributed by atoms with van der Waals surface area (Å²) in [5.74, 6) is 1.64. The first kappa shape index (κ1) is 14.5. The summed E-state index contributed by atoms with van der Waals surface area (Å²) in [7, 11) is 1.77. The molecule has 0 saturated carbocycles. The van der Waals surface area contributed by atoms with Crippen molar-refractivity contribution in [2.45, 2.75) is 26.3 Å². The molecule has 0 amide bonds. The minimum atomic E-state index is 0.180. The van der Waals surface area contributed by atoms with Gasteiger partial charge in [-0.05, 0) is 36.4 Å². The SMILES string of the molecule is CCNC(Cc1nnn(C)n1)c1ccc(OCC)cc1. The molecule has 0 fully saturated rings. The van der Waals surface area contributed by atoms with Crippen LogP contribution in [0.4, 0.5) is 0 Å². The second-order valence-corrected chi connectivity index (χ2v) is 4.51. The van der Waals surface area contributed by atoms with E-state index < -0.39 is 0 Å². The van der Waals surface area contributed by atoms with Gasteiger partial charge >= 0.3 is 0 Å². The summed E-state index contributed by atoms with van der Waals surface area (Å²) >= 11 is 0. The van der Waals surface area contributed by atoms with Crippen LogP contribution >= 0.6 is 0 Å². The van der Waals surface area contributed by atoms with Crippen molar-refractivity contribution in [2.75, 3.05) is 13.2 Å². The van der Waals surface area contributed by atoms with Crippen LogP contribution in [-0.2, 0) is 13.5 Å². The molecule has 1 aromatic heterocycles. The molecule has 1 N–H and O–H groups in total. The summed E-state index contributed by atoms with van der Waals surface area (Å²) in [5.41, 5.74) is 1.20. The smallest absolute Gasteiger partial charge is 0.176 e. The number of benzene rings is 1. The Morgan fingerprint density at radius 2 is 2.00 bits per heavy atom. The highest BCUT2D eigenvalue weighted by Gasteiger charge is 2.14. The van der Waals surface area contributed by atoms with Crippen LogP contribution in [0, 0.1) is 0 Å². The van der Waals surface area contributed by atoms with Crippen LogP contribution in [0.2, 0.25) is 0 Å². The van der Waals surface area contributed by atoms with Crippen LogP contribution in [-0.4, -0.2) is 33.4 Å². The normalized spacial score (nSPS) is 12.3. The Kier molecular flexibility index (Phi) is 5.06. The minimum Gasteiger partial charge on any atom is -0.494 e. The van der Waals surface area contributed by atoms with E-state index in [9.17, 15) is 0 Å². The molecule has 2 aromatic rings. The standard InChI is InChI=1S/C14H21N5O/c1-4-15-13(10-14-16-18-19(3)17-14)11-6-8-12(9-7-11)20-5-2/h6-9,13,15H,4-5,10H2,1-3H3. The van der Waals surface area contributed by atoms with Gasteiger partial charge in [-0.3, -0.25) is 0 Å². The molecule has 1 atom stereocenters. The summed E-state index contributed by atoms with van der Waals surface area (Å²) in [6.07, 6.45) is 0.718. The number of tetrazole rings is 1. The third-order valence-electron chi connectivity index (χ3n) is 2.98. The molecule has 0 aliphatic heterocycles. The molecule has 0 aliphatic rings. The topological polar surface area (TPSA) is 64.9 Å². The molecular weight excluding hydrogens is 254 g/mol. The molecule has 0 aliphatic carbocycles. The van der Waals surface area contributed by atoms with E-state index in [4.69, 9.17) is 4.74 Å². The van der Waals surface area contributed by atoms with Crippen LogP contribution in [0.1, 0.15) is 31.3 Å². The van der Waals surface area contributed by atoms with Gasteiger partial charge in [0.25, 0.3) is 0 Å². The minimum absolute atomic E-state index is 0.180. The van der Waals surface area contributed by atoms with E-state index in [0.29, 0.717) is 6.61 Å². The van der Waals surface area contributed by atoms with Crippen molar-refractivity contribution in [3.8, 4) is 5.75 Å². The fourth-order valence-electron chi connectivity index (χ4n) is 2.10. The van der Waals surface area contributed by atoms with E-state index in [1.54, 1.807) is 7.05 Å². The lowest BCUT2D eigenvalue weighted by Gasteiger charge is -2.17. The van der Waals surface area contributed by atoms with Crippen LogP contribution in [0.3, 0.4) is 0 Å². The molecule has 1 unspecified atom stereocenters. The first-order valence-electron chi connectivity index (χ1n) is 6.92. The number of hydrogen-bond donors (Lipinski definition) is 1. The van der Waals surface area contributed by atoms with Gasteiger partial charge in [0.1, 0.15) is 5.75 Å². The molecule has 0 radical (unpaired) electrons. The Bertz CT molecular complexity index is 523. The fraction of sp³-hybridized carbons (Fsp3) is 0.500. The van der Waals surface area contributed by atoms with Gasteiger partial charge < -0.3 is 10.1 Å². The number of rotatable bonds is 7. The summed E-state index contributed by atoms with van der Waals surface area (Å²) in [4.78, 5) is 1.48. The highest BCUT2D eigenvalue weighted by Crippen LogP contribution is 2.20. The average molecular weight is 275 g/mol. The molecule has 6 heteroatoms. The van der Waals surface area contributed by atoms with Gasteiger partial charge in [0.15, 0.2) is 5.82 Å². The maximum absolute atomic E-state index is 5.46. The van der Waals surface area contributed by atoms with E-state index >= 15 is 0 Å². The van der Waals surface area contributed by atoms with Gasteiger partial charge in [-0.2, -0.15) is 4.80 Å². The first-order valence-corrected chi connectivity index (χ1v) is 6.92. The second kappa shape index (κ2) is 7.00. The van der Waals surface area contributed by atoms with Crippen LogP contribution in [0.15, 0.2) is 24.3 Å². The lowest BCUT2D eigenvalue weighted by Crippen LogP contribution is -2.23. The molecule has 20 heavy (non-hydrogen) atoms. The van der Waals surface area contributed by atoms with Crippen molar-refractivity contribution in [1.29, 1.82) is 0 Å². The van der Waals surface area contributed by atoms with Gasteiger partial charge in [0.2, 0.25) is 0 Å². The summed E-state index contributed by atoms with van der Waals surface area (Å²) < 4.78 is 5.46. The zero-order valence-electron chi connectivity index (χ0n) is 12.2. The van der Waals surface area contributed by atoms with Crippen molar-refractivity contribution in [3.05, 3.63) is 35.7 Å². The van der Waals surface area contributed by atoms with Crippen molar-refractivity contribution in [2.24, 2.45) is 7.05 Å². The number of nitrogens with zero attached hydrogens (tertiary/aromatic N) is 4. The number of likely N-dealkylation sites (N-methyl/N-ethyl adjacent to an activating group) is 1. The predicted octanol–water partition coefficient (Wildman–Crippen LogP) is 1.50. The van der Waals surface area contributed by atoms with E-state index in [2.05, 4.69) is 39.8 Å². The molecule has 1 aromatic carbocycles. The zero-order chi connectivity index (χ0) is 14.4. The number of hydrogen-bond acceptors (Lipinski definition) is 5. The number of aryl methyl sites for hydroxylation is 1. The summed E-state index contributed by atoms with van der Waals surface area (Å²) in [6, 6.07) is 8.32. The molecule has 6 nitrogen and oxygen atoms in total. The number of nitrogens with one attached hydrogen (secondary N) is 1.